The highest BCUT2D eigenvalue weighted by atomic mass is 16.7. The van der Waals surface area contributed by atoms with Crippen LogP contribution in [0.3, 0.4) is 0 Å². The van der Waals surface area contributed by atoms with Gasteiger partial charge in [-0.05, 0) is 50.0 Å². The maximum atomic E-state index is 13.1. The van der Waals surface area contributed by atoms with Crippen molar-refractivity contribution in [2.75, 3.05) is 40.6 Å². The second-order valence-electron chi connectivity index (χ2n) is 8.04. The Kier molecular flexibility index (Phi) is 6.37. The van der Waals surface area contributed by atoms with Crippen molar-refractivity contribution >= 4 is 17.4 Å². The lowest BCUT2D eigenvalue weighted by Crippen LogP contribution is -2.35. The van der Waals surface area contributed by atoms with Gasteiger partial charge in [-0.1, -0.05) is 24.8 Å². The molecule has 0 spiro atoms. The number of carbonyl (C=O) groups excluding carboxylic acids is 2. The molecule has 33 heavy (non-hydrogen) atoms. The molecule has 1 amide bonds. The number of aliphatic hydroxyl groups excluding tert-OH is 1. The molecule has 0 aromatic heterocycles. The monoisotopic (exact) mass is 450 g/mol. The predicted octanol–water partition coefficient (Wildman–Crippen LogP) is 2.96. The minimum absolute atomic E-state index is 0.0264. The largest absolute Gasteiger partial charge is 0.507 e. The zero-order valence-corrected chi connectivity index (χ0v) is 18.6. The van der Waals surface area contributed by atoms with Crippen molar-refractivity contribution in [1.82, 2.24) is 9.80 Å². The Bertz CT molecular complexity index is 1120. The van der Waals surface area contributed by atoms with Gasteiger partial charge in [-0.25, -0.2) is 0 Å². The number of fused-ring (bicyclic) bond motifs is 1. The molecule has 0 aliphatic carbocycles. The van der Waals surface area contributed by atoms with Crippen molar-refractivity contribution < 1.29 is 28.9 Å². The summed E-state index contributed by atoms with van der Waals surface area (Å²) >= 11 is 0. The Labute approximate surface area is 192 Å². The van der Waals surface area contributed by atoms with Crippen LogP contribution in [0.15, 0.2) is 60.7 Å². The van der Waals surface area contributed by atoms with Gasteiger partial charge in [-0.3, -0.25) is 9.59 Å². The average Bonchev–Trinajstić information content (AvgIpc) is 3.38. The van der Waals surface area contributed by atoms with Gasteiger partial charge < -0.3 is 29.1 Å². The van der Waals surface area contributed by atoms with Gasteiger partial charge in [0.25, 0.3) is 11.7 Å². The molecule has 1 fully saturated rings. The molecule has 0 radical (unpaired) electrons. The first kappa shape index (κ1) is 22.4. The number of likely N-dealkylation sites (tertiary alicyclic amines) is 1. The first-order chi connectivity index (χ1) is 15.9. The second-order valence-corrected chi connectivity index (χ2v) is 8.04. The Morgan fingerprint density at radius 3 is 2.76 bits per heavy atom. The van der Waals surface area contributed by atoms with Gasteiger partial charge in [0.15, 0.2) is 11.5 Å². The van der Waals surface area contributed by atoms with Crippen LogP contribution in [0.5, 0.6) is 17.2 Å². The normalized spacial score (nSPS) is 18.8. The van der Waals surface area contributed by atoms with Crippen molar-refractivity contribution in [3.05, 3.63) is 71.8 Å². The van der Waals surface area contributed by atoms with Gasteiger partial charge in [0.1, 0.15) is 18.1 Å². The molecule has 0 saturated carbocycles. The topological polar surface area (TPSA) is 88.5 Å². The number of hydrogen-bond acceptors (Lipinski definition) is 7. The van der Waals surface area contributed by atoms with Gasteiger partial charge in [-0.15, -0.1) is 0 Å². The van der Waals surface area contributed by atoms with Crippen molar-refractivity contribution in [3.63, 3.8) is 0 Å². The lowest BCUT2D eigenvalue weighted by Gasteiger charge is -2.27. The summed E-state index contributed by atoms with van der Waals surface area (Å²) in [6.45, 7) is 4.94. The molecule has 8 nitrogen and oxygen atoms in total. The molecule has 2 aliphatic rings. The third-order valence-corrected chi connectivity index (χ3v) is 5.52. The zero-order chi connectivity index (χ0) is 23.5. The van der Waals surface area contributed by atoms with Crippen molar-refractivity contribution in [2.45, 2.75) is 6.04 Å². The van der Waals surface area contributed by atoms with Gasteiger partial charge >= 0.3 is 0 Å². The molecule has 2 heterocycles. The van der Waals surface area contributed by atoms with E-state index in [1.54, 1.807) is 42.5 Å². The van der Waals surface area contributed by atoms with Crippen LogP contribution in [-0.4, -0.2) is 67.2 Å². The number of amides is 1. The summed E-state index contributed by atoms with van der Waals surface area (Å²) in [6, 6.07) is 11.3. The van der Waals surface area contributed by atoms with Crippen molar-refractivity contribution in [3.8, 4) is 17.2 Å². The van der Waals surface area contributed by atoms with Crippen LogP contribution in [0.4, 0.5) is 0 Å². The number of rotatable bonds is 8. The molecular formula is C25H26N2O6. The standard InChI is InChI=1S/C25H26N2O6/c1-4-12-31-18-7-5-6-16(13-18)22-21(24(29)25(30)27(22)11-10-26(2)3)23(28)17-8-9-19-20(14-17)33-15-32-19/h4-9,13-14,22,28H,1,10-12,15H2,2-3H3/b23-21-. The van der Waals surface area contributed by atoms with E-state index in [2.05, 4.69) is 6.58 Å². The summed E-state index contributed by atoms with van der Waals surface area (Å²) in [5.41, 5.74) is 1.06. The number of Topliss-reactive ketones (excluding diaryl/α,β-unsaturated/α-hetero) is 1. The summed E-state index contributed by atoms with van der Waals surface area (Å²) in [5.74, 6) is -0.0400. The lowest BCUT2D eigenvalue weighted by molar-refractivity contribution is -0.140. The number of benzene rings is 2. The smallest absolute Gasteiger partial charge is 0.295 e. The maximum absolute atomic E-state index is 13.1. The Morgan fingerprint density at radius 2 is 2.00 bits per heavy atom. The fourth-order valence-electron chi connectivity index (χ4n) is 3.89. The highest BCUT2D eigenvalue weighted by Crippen LogP contribution is 2.41. The molecule has 1 atom stereocenters. The van der Waals surface area contributed by atoms with E-state index in [0.29, 0.717) is 48.1 Å². The van der Waals surface area contributed by atoms with Gasteiger partial charge in [0.05, 0.1) is 11.6 Å². The highest BCUT2D eigenvalue weighted by molar-refractivity contribution is 6.46. The van der Waals surface area contributed by atoms with Gasteiger partial charge in [0, 0.05) is 18.7 Å². The first-order valence-corrected chi connectivity index (χ1v) is 10.6. The summed E-state index contributed by atoms with van der Waals surface area (Å²) in [6.07, 6.45) is 1.63. The molecule has 1 unspecified atom stereocenters. The molecule has 1 saturated heterocycles. The van der Waals surface area contributed by atoms with E-state index in [1.807, 2.05) is 25.1 Å². The molecule has 0 bridgehead atoms. The Hall–Kier alpha value is -3.78. The number of nitrogens with zero attached hydrogens (tertiary/aromatic N) is 2. The Balaban J connectivity index is 1.81. The Morgan fingerprint density at radius 1 is 1.21 bits per heavy atom. The number of ketones is 1. The van der Waals surface area contributed by atoms with Crippen LogP contribution in [0.1, 0.15) is 17.2 Å². The lowest BCUT2D eigenvalue weighted by atomic mass is 9.95. The van der Waals surface area contributed by atoms with E-state index in [0.717, 1.165) is 0 Å². The van der Waals surface area contributed by atoms with E-state index in [9.17, 15) is 14.7 Å². The van der Waals surface area contributed by atoms with Crippen LogP contribution in [-0.2, 0) is 9.59 Å². The second kappa shape index (κ2) is 9.38. The first-order valence-electron chi connectivity index (χ1n) is 10.6. The third kappa shape index (κ3) is 4.42. The van der Waals surface area contributed by atoms with Crippen LogP contribution in [0.25, 0.3) is 5.76 Å². The van der Waals surface area contributed by atoms with Gasteiger partial charge in [0.2, 0.25) is 6.79 Å². The van der Waals surface area contributed by atoms with E-state index >= 15 is 0 Å². The van der Waals surface area contributed by atoms with E-state index in [1.165, 1.54) is 4.90 Å². The minimum Gasteiger partial charge on any atom is -0.507 e. The molecule has 2 aromatic carbocycles. The molecule has 2 aliphatic heterocycles. The molecule has 2 aromatic rings. The summed E-state index contributed by atoms with van der Waals surface area (Å²) in [5, 5.41) is 11.2. The summed E-state index contributed by atoms with van der Waals surface area (Å²) in [4.78, 5) is 29.6. The average molecular weight is 450 g/mol. The van der Waals surface area contributed by atoms with Crippen LogP contribution in [0.2, 0.25) is 0 Å². The molecule has 4 rings (SSSR count). The minimum atomic E-state index is -0.761. The number of likely N-dealkylation sites (N-methyl/N-ethyl adjacent to an activating group) is 1. The molecular weight excluding hydrogens is 424 g/mol. The fourth-order valence-corrected chi connectivity index (χ4v) is 3.89. The van der Waals surface area contributed by atoms with E-state index in [4.69, 9.17) is 14.2 Å². The molecule has 172 valence electrons. The van der Waals surface area contributed by atoms with Crippen molar-refractivity contribution in [2.24, 2.45) is 0 Å². The van der Waals surface area contributed by atoms with E-state index in [-0.39, 0.29) is 18.1 Å². The quantitative estimate of drug-likeness (QED) is 0.286. The number of ether oxygens (including phenoxy) is 3. The fraction of sp³-hybridized carbons (Fsp3) is 0.280. The van der Waals surface area contributed by atoms with Crippen molar-refractivity contribution in [1.29, 1.82) is 0 Å². The van der Waals surface area contributed by atoms with Crippen LogP contribution >= 0.6 is 0 Å². The molecule has 1 N–H and O–H groups in total. The van der Waals surface area contributed by atoms with Gasteiger partial charge in [-0.2, -0.15) is 0 Å². The molecule has 8 heteroatoms. The SMILES string of the molecule is C=CCOc1cccc(C2/C(=C(/O)c3ccc4c(c3)OCO4)C(=O)C(=O)N2CCN(C)C)c1. The number of hydrogen-bond donors (Lipinski definition) is 1. The highest BCUT2D eigenvalue weighted by Gasteiger charge is 2.46. The third-order valence-electron chi connectivity index (χ3n) is 5.52. The van der Waals surface area contributed by atoms with Crippen LogP contribution in [0, 0.1) is 0 Å². The predicted molar refractivity (Wildman–Crippen MR) is 122 cm³/mol. The zero-order valence-electron chi connectivity index (χ0n) is 18.6. The van der Waals surface area contributed by atoms with Crippen LogP contribution < -0.4 is 14.2 Å². The maximum Gasteiger partial charge on any atom is 0.295 e. The summed E-state index contributed by atoms with van der Waals surface area (Å²) in [7, 11) is 3.78. The number of aliphatic hydroxyl groups is 1. The van der Waals surface area contributed by atoms with E-state index < -0.39 is 17.7 Å². The summed E-state index contributed by atoms with van der Waals surface area (Å²) < 4.78 is 16.4. The number of carbonyl (C=O) groups is 2.